The van der Waals surface area contributed by atoms with E-state index in [0.717, 1.165) is 0 Å². The first kappa shape index (κ1) is 18.1. The van der Waals surface area contributed by atoms with Gasteiger partial charge in [0.25, 0.3) is 0 Å². The number of carbonyl (C=O) groups is 2. The number of amides is 3. The van der Waals surface area contributed by atoms with Gasteiger partial charge in [0, 0.05) is 25.2 Å². The fourth-order valence-electron chi connectivity index (χ4n) is 2.59. The van der Waals surface area contributed by atoms with Crippen LogP contribution >= 0.6 is 11.8 Å². The smallest absolute Gasteiger partial charge is 0.324 e. The Kier molecular flexibility index (Phi) is 5.36. The molecule has 1 atom stereocenters. The number of hydrogen-bond acceptors (Lipinski definition) is 5. The lowest BCUT2D eigenvalue weighted by molar-refractivity contribution is -0.126. The quantitative estimate of drug-likeness (QED) is 0.619. The standard InChI is InChI=1S/C17H18FN5O2S/c1-3-9-22-14(12-4-6-13(18)7-5-12)20-21-17(22)26-11(2)15(24)23-10-8-19-16(23)25/h3-7,11H,1,8-10H2,2H3,(H,19,25)/t11-/m0/s1. The van der Waals surface area contributed by atoms with Gasteiger partial charge in [-0.2, -0.15) is 0 Å². The van der Waals surface area contributed by atoms with E-state index in [-0.39, 0.29) is 17.8 Å². The zero-order valence-corrected chi connectivity index (χ0v) is 15.0. The van der Waals surface area contributed by atoms with E-state index in [9.17, 15) is 14.0 Å². The molecule has 2 aromatic rings. The molecule has 1 aliphatic rings. The monoisotopic (exact) mass is 375 g/mol. The van der Waals surface area contributed by atoms with Crippen LogP contribution in [0.5, 0.6) is 0 Å². The average Bonchev–Trinajstić information content (AvgIpc) is 3.22. The van der Waals surface area contributed by atoms with Gasteiger partial charge in [0.2, 0.25) is 5.91 Å². The van der Waals surface area contributed by atoms with Crippen LogP contribution in [0.4, 0.5) is 9.18 Å². The molecule has 0 aliphatic carbocycles. The number of thioether (sulfide) groups is 1. The summed E-state index contributed by atoms with van der Waals surface area (Å²) in [7, 11) is 0. The summed E-state index contributed by atoms with van der Waals surface area (Å²) in [5.74, 6) is -0.0475. The summed E-state index contributed by atoms with van der Waals surface area (Å²) in [4.78, 5) is 25.3. The summed E-state index contributed by atoms with van der Waals surface area (Å²) in [6, 6.07) is 5.58. The first-order valence-corrected chi connectivity index (χ1v) is 8.95. The highest BCUT2D eigenvalue weighted by Crippen LogP contribution is 2.28. The number of benzene rings is 1. The maximum atomic E-state index is 13.2. The predicted octanol–water partition coefficient (Wildman–Crippen LogP) is 2.30. The molecule has 1 fully saturated rings. The molecule has 0 bridgehead atoms. The third kappa shape index (κ3) is 3.62. The average molecular weight is 375 g/mol. The van der Waals surface area contributed by atoms with Crippen LogP contribution in [0.1, 0.15) is 6.92 Å². The normalized spacial score (nSPS) is 15.0. The van der Waals surface area contributed by atoms with Gasteiger partial charge in [-0.25, -0.2) is 9.18 Å². The van der Waals surface area contributed by atoms with Gasteiger partial charge in [0.05, 0.1) is 5.25 Å². The second-order valence-electron chi connectivity index (χ2n) is 5.69. The maximum absolute atomic E-state index is 13.2. The molecular weight excluding hydrogens is 357 g/mol. The molecule has 0 unspecified atom stereocenters. The van der Waals surface area contributed by atoms with Gasteiger partial charge >= 0.3 is 6.03 Å². The van der Waals surface area contributed by atoms with Gasteiger partial charge in [-0.1, -0.05) is 17.8 Å². The zero-order valence-electron chi connectivity index (χ0n) is 14.2. The molecule has 1 aromatic carbocycles. The van der Waals surface area contributed by atoms with E-state index in [1.54, 1.807) is 29.7 Å². The maximum Gasteiger partial charge on any atom is 0.324 e. The van der Waals surface area contributed by atoms with Crippen LogP contribution in [0, 0.1) is 5.82 Å². The molecule has 0 saturated carbocycles. The summed E-state index contributed by atoms with van der Waals surface area (Å²) in [6.45, 7) is 6.73. The van der Waals surface area contributed by atoms with Crippen LogP contribution in [-0.4, -0.2) is 49.9 Å². The van der Waals surface area contributed by atoms with E-state index >= 15 is 0 Å². The van der Waals surface area contributed by atoms with E-state index in [4.69, 9.17) is 0 Å². The fourth-order valence-corrected chi connectivity index (χ4v) is 3.51. The highest BCUT2D eigenvalue weighted by Gasteiger charge is 2.31. The van der Waals surface area contributed by atoms with E-state index in [1.807, 2.05) is 0 Å². The molecule has 3 amide bonds. The van der Waals surface area contributed by atoms with Crippen molar-refractivity contribution in [1.82, 2.24) is 25.0 Å². The lowest BCUT2D eigenvalue weighted by Gasteiger charge is -2.17. The Morgan fingerprint density at radius 1 is 1.42 bits per heavy atom. The van der Waals surface area contributed by atoms with Gasteiger partial charge in [-0.15, -0.1) is 16.8 Å². The van der Waals surface area contributed by atoms with Gasteiger partial charge in [-0.3, -0.25) is 14.3 Å². The van der Waals surface area contributed by atoms with Crippen molar-refractivity contribution in [3.8, 4) is 11.4 Å². The summed E-state index contributed by atoms with van der Waals surface area (Å²) in [6.07, 6.45) is 1.70. The molecule has 1 saturated heterocycles. The van der Waals surface area contributed by atoms with Crippen LogP contribution in [0.3, 0.4) is 0 Å². The number of nitrogens with one attached hydrogen (secondary N) is 1. The van der Waals surface area contributed by atoms with Crippen molar-refractivity contribution in [3.63, 3.8) is 0 Å². The van der Waals surface area contributed by atoms with Crippen LogP contribution in [-0.2, 0) is 11.3 Å². The molecule has 136 valence electrons. The number of allylic oxidation sites excluding steroid dienone is 1. The molecule has 1 aromatic heterocycles. The number of carbonyl (C=O) groups excluding carboxylic acids is 2. The molecule has 0 radical (unpaired) electrons. The van der Waals surface area contributed by atoms with Crippen molar-refractivity contribution in [1.29, 1.82) is 0 Å². The first-order chi connectivity index (χ1) is 12.5. The Balaban J connectivity index is 1.83. The van der Waals surface area contributed by atoms with Crippen molar-refractivity contribution in [2.24, 2.45) is 0 Å². The van der Waals surface area contributed by atoms with Crippen molar-refractivity contribution >= 4 is 23.7 Å². The molecule has 7 nitrogen and oxygen atoms in total. The summed E-state index contributed by atoms with van der Waals surface area (Å²) < 4.78 is 15.0. The van der Waals surface area contributed by atoms with E-state index in [2.05, 4.69) is 22.1 Å². The Morgan fingerprint density at radius 2 is 2.15 bits per heavy atom. The number of imide groups is 1. The molecule has 0 spiro atoms. The summed E-state index contributed by atoms with van der Waals surface area (Å²) >= 11 is 1.22. The lowest BCUT2D eigenvalue weighted by Crippen LogP contribution is -2.39. The summed E-state index contributed by atoms with van der Waals surface area (Å²) in [5.41, 5.74) is 0.713. The lowest BCUT2D eigenvalue weighted by atomic mass is 10.2. The fraction of sp³-hybridized carbons (Fsp3) is 0.294. The van der Waals surface area contributed by atoms with E-state index in [0.29, 0.717) is 36.2 Å². The minimum Gasteiger partial charge on any atom is -0.336 e. The molecule has 26 heavy (non-hydrogen) atoms. The third-order valence-electron chi connectivity index (χ3n) is 3.88. The highest BCUT2D eigenvalue weighted by molar-refractivity contribution is 8.00. The largest absolute Gasteiger partial charge is 0.336 e. The van der Waals surface area contributed by atoms with Crippen LogP contribution in [0.25, 0.3) is 11.4 Å². The highest BCUT2D eigenvalue weighted by atomic mass is 32.2. The van der Waals surface area contributed by atoms with Gasteiger partial charge in [-0.05, 0) is 31.2 Å². The Labute approximate surface area is 154 Å². The number of nitrogens with zero attached hydrogens (tertiary/aromatic N) is 4. The molecule has 3 rings (SSSR count). The Morgan fingerprint density at radius 3 is 2.77 bits per heavy atom. The number of hydrogen-bond donors (Lipinski definition) is 1. The van der Waals surface area contributed by atoms with Gasteiger partial charge < -0.3 is 5.32 Å². The zero-order chi connectivity index (χ0) is 18.7. The minimum absolute atomic E-state index is 0.276. The van der Waals surface area contributed by atoms with Gasteiger partial charge in [0.1, 0.15) is 5.82 Å². The van der Waals surface area contributed by atoms with Crippen molar-refractivity contribution < 1.29 is 14.0 Å². The number of rotatable bonds is 6. The van der Waals surface area contributed by atoms with Crippen LogP contribution in [0.2, 0.25) is 0 Å². The topological polar surface area (TPSA) is 80.1 Å². The SMILES string of the molecule is C=CCn1c(S[C@@H](C)C(=O)N2CCNC2=O)nnc1-c1ccc(F)cc1. The van der Waals surface area contributed by atoms with Gasteiger partial charge in [0.15, 0.2) is 11.0 Å². The second kappa shape index (κ2) is 7.69. The van der Waals surface area contributed by atoms with E-state index < -0.39 is 5.25 Å². The first-order valence-electron chi connectivity index (χ1n) is 8.07. The van der Waals surface area contributed by atoms with Crippen LogP contribution < -0.4 is 5.32 Å². The number of halogens is 1. The number of aromatic nitrogens is 3. The predicted molar refractivity (Wildman–Crippen MR) is 96.0 cm³/mol. The second-order valence-corrected chi connectivity index (χ2v) is 7.00. The third-order valence-corrected chi connectivity index (χ3v) is 4.95. The Hall–Kier alpha value is -2.68. The van der Waals surface area contributed by atoms with Crippen LogP contribution in [0.15, 0.2) is 42.1 Å². The van der Waals surface area contributed by atoms with Crippen molar-refractivity contribution in [2.45, 2.75) is 23.9 Å². The van der Waals surface area contributed by atoms with Crippen molar-refractivity contribution in [3.05, 3.63) is 42.7 Å². The minimum atomic E-state index is -0.507. The summed E-state index contributed by atoms with van der Waals surface area (Å²) in [5, 5.41) is 11.0. The Bertz CT molecular complexity index is 836. The molecule has 2 heterocycles. The molecule has 1 aliphatic heterocycles. The van der Waals surface area contributed by atoms with E-state index in [1.165, 1.54) is 28.8 Å². The molecule has 1 N–H and O–H groups in total. The molecular formula is C17H18FN5O2S. The van der Waals surface area contributed by atoms with Crippen molar-refractivity contribution in [2.75, 3.05) is 13.1 Å². The number of urea groups is 1. The molecule has 9 heteroatoms.